The molecule has 5 rings (SSSR count). The first-order chi connectivity index (χ1) is 17.9. The molecule has 1 aliphatic heterocycles. The summed E-state index contributed by atoms with van der Waals surface area (Å²) in [6.45, 7) is 1.89. The predicted molar refractivity (Wildman–Crippen MR) is 147 cm³/mol. The van der Waals surface area contributed by atoms with Crippen LogP contribution in [0.4, 0.5) is 17.1 Å². The zero-order chi connectivity index (χ0) is 25.9. The standard InChI is InChI=1S/C29H22N2O4S2/c1-18(28(33)31-23-10-4-6-12-25(23)37-26-13-7-5-11-24(26)31)36-20-16-14-19(15-17-20)30-27(32)21-8-2-3-9-22(21)29(34)35/h2-18H,1H3,(H,30,32)(H,34,35). The third-order valence-electron chi connectivity index (χ3n) is 5.83. The van der Waals surface area contributed by atoms with E-state index in [-0.39, 0.29) is 22.3 Å². The summed E-state index contributed by atoms with van der Waals surface area (Å²) in [4.78, 5) is 42.5. The van der Waals surface area contributed by atoms with Crippen molar-refractivity contribution in [1.82, 2.24) is 0 Å². The first kappa shape index (κ1) is 24.7. The SMILES string of the molecule is CC(Sc1ccc(NC(=O)c2ccccc2C(=O)O)cc1)C(=O)N1c2ccccc2Sc2ccccc21. The summed E-state index contributed by atoms with van der Waals surface area (Å²) >= 11 is 3.10. The highest BCUT2D eigenvalue weighted by molar-refractivity contribution is 8.00. The number of anilines is 3. The third kappa shape index (κ3) is 5.12. The number of hydrogen-bond acceptors (Lipinski definition) is 5. The summed E-state index contributed by atoms with van der Waals surface area (Å²) in [5, 5.41) is 11.7. The maximum atomic E-state index is 13.7. The first-order valence-corrected chi connectivity index (χ1v) is 13.2. The van der Waals surface area contributed by atoms with E-state index in [9.17, 15) is 19.5 Å². The molecular formula is C29H22N2O4S2. The van der Waals surface area contributed by atoms with Crippen molar-refractivity contribution in [3.63, 3.8) is 0 Å². The largest absolute Gasteiger partial charge is 0.478 e. The lowest BCUT2D eigenvalue weighted by molar-refractivity contribution is -0.117. The Labute approximate surface area is 222 Å². The molecule has 4 aromatic carbocycles. The molecule has 1 heterocycles. The maximum absolute atomic E-state index is 13.7. The van der Waals surface area contributed by atoms with Crippen molar-refractivity contribution in [3.8, 4) is 0 Å². The highest BCUT2D eigenvalue weighted by Crippen LogP contribution is 2.48. The summed E-state index contributed by atoms with van der Waals surface area (Å²) in [5.74, 6) is -1.68. The van der Waals surface area contributed by atoms with Crippen LogP contribution in [0.3, 0.4) is 0 Å². The number of carboxylic acid groups (broad SMARTS) is 1. The van der Waals surface area contributed by atoms with Gasteiger partial charge in [0.2, 0.25) is 5.91 Å². The van der Waals surface area contributed by atoms with Crippen molar-refractivity contribution in [1.29, 1.82) is 0 Å². The number of benzene rings is 4. The van der Waals surface area contributed by atoms with Gasteiger partial charge in [-0.15, -0.1) is 11.8 Å². The Kier molecular flexibility index (Phi) is 7.03. The van der Waals surface area contributed by atoms with Crippen molar-refractivity contribution in [2.45, 2.75) is 26.9 Å². The van der Waals surface area contributed by atoms with Crippen LogP contribution in [-0.4, -0.2) is 28.1 Å². The van der Waals surface area contributed by atoms with Crippen molar-refractivity contribution in [2.75, 3.05) is 10.2 Å². The van der Waals surface area contributed by atoms with E-state index in [1.165, 1.54) is 23.9 Å². The summed E-state index contributed by atoms with van der Waals surface area (Å²) in [6, 6.07) is 29.0. The quantitative estimate of drug-likeness (QED) is 0.265. The van der Waals surface area contributed by atoms with Crippen LogP contribution in [0.2, 0.25) is 0 Å². The number of thioether (sulfide) groups is 1. The van der Waals surface area contributed by atoms with Crippen molar-refractivity contribution < 1.29 is 19.5 Å². The van der Waals surface area contributed by atoms with Gasteiger partial charge < -0.3 is 10.4 Å². The van der Waals surface area contributed by atoms with Crippen LogP contribution in [0.15, 0.2) is 112 Å². The molecule has 0 aliphatic carbocycles. The normalized spacial score (nSPS) is 12.7. The highest BCUT2D eigenvalue weighted by atomic mass is 32.2. The number of nitrogens with zero attached hydrogens (tertiary/aromatic N) is 1. The van der Waals surface area contributed by atoms with Gasteiger partial charge in [0.05, 0.1) is 27.8 Å². The Balaban J connectivity index is 1.30. The summed E-state index contributed by atoms with van der Waals surface area (Å²) in [5.41, 5.74) is 2.32. The Morgan fingerprint density at radius 3 is 1.92 bits per heavy atom. The number of aromatic carboxylic acids is 1. The average molecular weight is 527 g/mol. The van der Waals surface area contributed by atoms with Gasteiger partial charge in [-0.2, -0.15) is 0 Å². The molecule has 0 bridgehead atoms. The van der Waals surface area contributed by atoms with E-state index < -0.39 is 11.9 Å². The first-order valence-electron chi connectivity index (χ1n) is 11.5. The molecule has 37 heavy (non-hydrogen) atoms. The fourth-order valence-corrected chi connectivity index (χ4v) is 6.03. The number of carboxylic acids is 1. The summed E-state index contributed by atoms with van der Waals surface area (Å²) in [7, 11) is 0. The third-order valence-corrected chi connectivity index (χ3v) is 8.06. The lowest BCUT2D eigenvalue weighted by atomic mass is 10.1. The topological polar surface area (TPSA) is 86.7 Å². The van der Waals surface area contributed by atoms with Crippen molar-refractivity contribution >= 4 is 58.4 Å². The van der Waals surface area contributed by atoms with Crippen LogP contribution in [0, 0.1) is 0 Å². The number of nitrogens with one attached hydrogen (secondary N) is 1. The maximum Gasteiger partial charge on any atom is 0.336 e. The van der Waals surface area contributed by atoms with Gasteiger partial charge >= 0.3 is 5.97 Å². The van der Waals surface area contributed by atoms with Gasteiger partial charge in [-0.25, -0.2) is 4.79 Å². The molecule has 0 spiro atoms. The number of amides is 2. The molecule has 2 N–H and O–H groups in total. The molecule has 0 aromatic heterocycles. The van der Waals surface area contributed by atoms with E-state index in [4.69, 9.17) is 0 Å². The van der Waals surface area contributed by atoms with Gasteiger partial charge in [0.25, 0.3) is 5.91 Å². The minimum Gasteiger partial charge on any atom is -0.478 e. The van der Waals surface area contributed by atoms with Gasteiger partial charge in [-0.1, -0.05) is 48.2 Å². The molecule has 0 saturated carbocycles. The van der Waals surface area contributed by atoms with Gasteiger partial charge in [0, 0.05) is 20.4 Å². The number of rotatable bonds is 6. The lowest BCUT2D eigenvalue weighted by Gasteiger charge is -2.32. The molecule has 8 heteroatoms. The molecule has 4 aromatic rings. The van der Waals surface area contributed by atoms with Gasteiger partial charge in [-0.3, -0.25) is 14.5 Å². The molecular weight excluding hydrogens is 504 g/mol. The van der Waals surface area contributed by atoms with E-state index in [0.717, 1.165) is 26.1 Å². The molecule has 6 nitrogen and oxygen atoms in total. The van der Waals surface area contributed by atoms with Gasteiger partial charge in [-0.05, 0) is 67.6 Å². The van der Waals surface area contributed by atoms with Gasteiger partial charge in [0.15, 0.2) is 0 Å². The van der Waals surface area contributed by atoms with Crippen LogP contribution in [-0.2, 0) is 4.79 Å². The molecule has 0 saturated heterocycles. The smallest absolute Gasteiger partial charge is 0.336 e. The second-order valence-electron chi connectivity index (χ2n) is 8.30. The Morgan fingerprint density at radius 1 is 0.784 bits per heavy atom. The molecule has 0 fully saturated rings. The van der Waals surface area contributed by atoms with Crippen LogP contribution < -0.4 is 10.2 Å². The monoisotopic (exact) mass is 526 g/mol. The highest BCUT2D eigenvalue weighted by Gasteiger charge is 2.31. The molecule has 184 valence electrons. The molecule has 0 radical (unpaired) electrons. The molecule has 1 atom stereocenters. The van der Waals surface area contributed by atoms with E-state index in [1.807, 2.05) is 67.6 Å². The predicted octanol–water partition coefficient (Wildman–Crippen LogP) is 6.95. The molecule has 1 unspecified atom stereocenters. The van der Waals surface area contributed by atoms with Crippen molar-refractivity contribution in [2.24, 2.45) is 0 Å². The lowest BCUT2D eigenvalue weighted by Crippen LogP contribution is -2.34. The zero-order valence-electron chi connectivity index (χ0n) is 19.8. The second kappa shape index (κ2) is 10.5. The average Bonchev–Trinajstić information content (AvgIpc) is 2.92. The second-order valence-corrected chi connectivity index (χ2v) is 10.8. The van der Waals surface area contributed by atoms with Gasteiger partial charge in [0.1, 0.15) is 0 Å². The van der Waals surface area contributed by atoms with E-state index >= 15 is 0 Å². The Hall–Kier alpha value is -4.01. The number of fused-ring (bicyclic) bond motifs is 2. The van der Waals surface area contributed by atoms with Crippen LogP contribution in [0.1, 0.15) is 27.6 Å². The minimum atomic E-state index is -1.16. The van der Waals surface area contributed by atoms with Crippen LogP contribution in [0.25, 0.3) is 0 Å². The summed E-state index contributed by atoms with van der Waals surface area (Å²) in [6.07, 6.45) is 0. The number of carbonyl (C=O) groups is 3. The van der Waals surface area contributed by atoms with Crippen molar-refractivity contribution in [3.05, 3.63) is 108 Å². The fourth-order valence-electron chi connectivity index (χ4n) is 4.06. The molecule has 1 aliphatic rings. The minimum absolute atomic E-state index is 0.0205. The van der Waals surface area contributed by atoms with E-state index in [2.05, 4.69) is 5.32 Å². The van der Waals surface area contributed by atoms with Crippen LogP contribution in [0.5, 0.6) is 0 Å². The number of hydrogen-bond donors (Lipinski definition) is 2. The molecule has 2 amide bonds. The zero-order valence-corrected chi connectivity index (χ0v) is 21.4. The number of carbonyl (C=O) groups excluding carboxylic acids is 2. The Bertz CT molecular complexity index is 1460. The van der Waals surface area contributed by atoms with Crippen LogP contribution >= 0.6 is 23.5 Å². The number of para-hydroxylation sites is 2. The summed E-state index contributed by atoms with van der Waals surface area (Å²) < 4.78 is 0. The Morgan fingerprint density at radius 2 is 1.32 bits per heavy atom. The fraction of sp³-hybridized carbons (Fsp3) is 0.0690. The van der Waals surface area contributed by atoms with E-state index in [0.29, 0.717) is 5.69 Å². The van der Waals surface area contributed by atoms with E-state index in [1.54, 1.807) is 40.9 Å².